The first-order valence-corrected chi connectivity index (χ1v) is 6.60. The van der Waals surface area contributed by atoms with E-state index in [-0.39, 0.29) is 18.0 Å². The molecule has 0 aliphatic heterocycles. The molecular formula is C13H11ClO3S. The maximum atomic E-state index is 12.0. The molecule has 0 fully saturated rings. The van der Waals surface area contributed by atoms with Gasteiger partial charge in [-0.05, 0) is 26.0 Å². The number of carbonyl (C=O) groups is 2. The van der Waals surface area contributed by atoms with Crippen molar-refractivity contribution in [3.63, 3.8) is 0 Å². The molecule has 3 nitrogen and oxygen atoms in total. The first-order chi connectivity index (χ1) is 8.47. The summed E-state index contributed by atoms with van der Waals surface area (Å²) in [6.45, 7) is 3.48. The van der Waals surface area contributed by atoms with Gasteiger partial charge in [0.15, 0.2) is 11.6 Å². The highest BCUT2D eigenvalue weighted by molar-refractivity contribution is 7.14. The van der Waals surface area contributed by atoms with Crippen LogP contribution in [0.5, 0.6) is 0 Å². The number of rotatable bonds is 4. The molecule has 0 saturated carbocycles. The van der Waals surface area contributed by atoms with Gasteiger partial charge in [0, 0.05) is 10.9 Å². The Balaban J connectivity index is 2.13. The molecule has 5 heteroatoms. The van der Waals surface area contributed by atoms with Crippen molar-refractivity contribution >= 4 is 34.5 Å². The quantitative estimate of drug-likeness (QED) is 0.627. The average molecular weight is 283 g/mol. The van der Waals surface area contributed by atoms with Gasteiger partial charge in [0.1, 0.15) is 11.5 Å². The molecule has 0 aliphatic rings. The van der Waals surface area contributed by atoms with Crippen molar-refractivity contribution < 1.29 is 14.0 Å². The highest BCUT2D eigenvalue weighted by Crippen LogP contribution is 2.22. The van der Waals surface area contributed by atoms with Crippen molar-refractivity contribution in [2.75, 3.05) is 0 Å². The standard InChI is InChI=1S/C13H11ClO3S/c1-7-3-10(8(2)17-7)12(16)5-11(15)9-4-13(14)18-6-9/h3-4,6H,5H2,1-2H3. The number of furan rings is 1. The van der Waals surface area contributed by atoms with Gasteiger partial charge in [-0.3, -0.25) is 9.59 Å². The fraction of sp³-hybridized carbons (Fsp3) is 0.231. The third kappa shape index (κ3) is 2.71. The maximum absolute atomic E-state index is 12.0. The Bertz CT molecular complexity index is 610. The number of hydrogen-bond acceptors (Lipinski definition) is 4. The summed E-state index contributed by atoms with van der Waals surface area (Å²) in [5.74, 6) is 0.772. The van der Waals surface area contributed by atoms with Gasteiger partial charge in [-0.25, -0.2) is 0 Å². The molecule has 0 saturated heterocycles. The minimum atomic E-state index is -0.225. The molecule has 0 atom stereocenters. The van der Waals surface area contributed by atoms with Crippen LogP contribution < -0.4 is 0 Å². The first-order valence-electron chi connectivity index (χ1n) is 5.35. The lowest BCUT2D eigenvalue weighted by Crippen LogP contribution is -2.08. The lowest BCUT2D eigenvalue weighted by Gasteiger charge is -1.97. The van der Waals surface area contributed by atoms with Crippen LogP contribution in [0, 0.1) is 13.8 Å². The predicted molar refractivity (Wildman–Crippen MR) is 70.8 cm³/mol. The molecule has 0 radical (unpaired) electrons. The smallest absolute Gasteiger partial charge is 0.174 e. The van der Waals surface area contributed by atoms with E-state index in [1.165, 1.54) is 11.3 Å². The molecule has 2 aromatic rings. The number of ketones is 2. The Morgan fingerprint density at radius 2 is 2.00 bits per heavy atom. The average Bonchev–Trinajstić information content (AvgIpc) is 2.84. The van der Waals surface area contributed by atoms with Crippen LogP contribution in [0.4, 0.5) is 0 Å². The molecule has 0 bridgehead atoms. The Morgan fingerprint density at radius 3 is 2.50 bits per heavy atom. The number of Topliss-reactive ketones (excluding diaryl/α,β-unsaturated/α-hetero) is 2. The Kier molecular flexibility index (Phi) is 3.68. The third-order valence-corrected chi connectivity index (χ3v) is 3.64. The van der Waals surface area contributed by atoms with E-state index in [2.05, 4.69) is 0 Å². The fourth-order valence-electron chi connectivity index (χ4n) is 1.71. The first kappa shape index (κ1) is 13.1. The van der Waals surface area contributed by atoms with Gasteiger partial charge in [0.05, 0.1) is 16.3 Å². The second kappa shape index (κ2) is 5.08. The summed E-state index contributed by atoms with van der Waals surface area (Å²) in [6.07, 6.45) is -0.160. The van der Waals surface area contributed by atoms with E-state index in [1.54, 1.807) is 31.4 Å². The largest absolute Gasteiger partial charge is 0.466 e. The van der Waals surface area contributed by atoms with Crippen molar-refractivity contribution in [2.24, 2.45) is 0 Å². The van der Waals surface area contributed by atoms with E-state index in [9.17, 15) is 9.59 Å². The SMILES string of the molecule is Cc1cc(C(=O)CC(=O)c2csc(Cl)c2)c(C)o1. The second-order valence-electron chi connectivity index (χ2n) is 3.99. The van der Waals surface area contributed by atoms with Crippen molar-refractivity contribution in [3.05, 3.63) is 44.5 Å². The highest BCUT2D eigenvalue weighted by atomic mass is 35.5. The fourth-order valence-corrected chi connectivity index (χ4v) is 2.59. The molecular weight excluding hydrogens is 272 g/mol. The number of aryl methyl sites for hydroxylation is 2. The Hall–Kier alpha value is -1.39. The zero-order valence-corrected chi connectivity index (χ0v) is 11.5. The minimum absolute atomic E-state index is 0.160. The molecule has 0 aliphatic carbocycles. The van der Waals surface area contributed by atoms with Crippen LogP contribution in [-0.4, -0.2) is 11.6 Å². The Morgan fingerprint density at radius 1 is 1.28 bits per heavy atom. The number of thiophene rings is 1. The highest BCUT2D eigenvalue weighted by Gasteiger charge is 2.18. The number of halogens is 1. The minimum Gasteiger partial charge on any atom is -0.466 e. The summed E-state index contributed by atoms with van der Waals surface area (Å²) in [5.41, 5.74) is 0.957. The maximum Gasteiger partial charge on any atom is 0.174 e. The van der Waals surface area contributed by atoms with Crippen molar-refractivity contribution in [2.45, 2.75) is 20.3 Å². The van der Waals surface area contributed by atoms with Crippen LogP contribution in [0.1, 0.15) is 38.7 Å². The van der Waals surface area contributed by atoms with Crippen molar-refractivity contribution in [3.8, 4) is 0 Å². The van der Waals surface area contributed by atoms with Gasteiger partial charge in [-0.2, -0.15) is 0 Å². The zero-order valence-electron chi connectivity index (χ0n) is 9.95. The zero-order chi connectivity index (χ0) is 13.3. The van der Waals surface area contributed by atoms with Gasteiger partial charge in [0.2, 0.25) is 0 Å². The summed E-state index contributed by atoms with van der Waals surface area (Å²) >= 11 is 7.03. The van der Waals surface area contributed by atoms with E-state index in [0.717, 1.165) is 0 Å². The van der Waals surface area contributed by atoms with Gasteiger partial charge in [-0.15, -0.1) is 11.3 Å². The van der Waals surface area contributed by atoms with Crippen LogP contribution in [0.15, 0.2) is 21.9 Å². The summed E-state index contributed by atoms with van der Waals surface area (Å²) in [7, 11) is 0. The van der Waals surface area contributed by atoms with E-state index in [1.807, 2.05) is 0 Å². The third-order valence-electron chi connectivity index (χ3n) is 2.55. The summed E-state index contributed by atoms with van der Waals surface area (Å²) in [4.78, 5) is 23.8. The van der Waals surface area contributed by atoms with Crippen LogP contribution >= 0.6 is 22.9 Å². The molecule has 0 aromatic carbocycles. The van der Waals surface area contributed by atoms with Gasteiger partial charge < -0.3 is 4.42 Å². The monoisotopic (exact) mass is 282 g/mol. The van der Waals surface area contributed by atoms with E-state index < -0.39 is 0 Å². The van der Waals surface area contributed by atoms with Crippen LogP contribution in [0.25, 0.3) is 0 Å². The van der Waals surface area contributed by atoms with Crippen LogP contribution in [0.2, 0.25) is 4.34 Å². The Labute approximate surface area is 113 Å². The molecule has 0 N–H and O–H groups in total. The van der Waals surface area contributed by atoms with E-state index in [0.29, 0.717) is 27.0 Å². The van der Waals surface area contributed by atoms with E-state index in [4.69, 9.17) is 16.0 Å². The summed E-state index contributed by atoms with van der Waals surface area (Å²) < 4.78 is 5.82. The van der Waals surface area contributed by atoms with Crippen molar-refractivity contribution in [1.29, 1.82) is 0 Å². The van der Waals surface area contributed by atoms with Crippen molar-refractivity contribution in [1.82, 2.24) is 0 Å². The van der Waals surface area contributed by atoms with E-state index >= 15 is 0 Å². The summed E-state index contributed by atoms with van der Waals surface area (Å²) in [6, 6.07) is 3.24. The molecule has 0 unspecified atom stereocenters. The molecule has 0 amide bonds. The molecule has 0 spiro atoms. The predicted octanol–water partition coefficient (Wildman–Crippen LogP) is 4.07. The second-order valence-corrected chi connectivity index (χ2v) is 5.53. The molecule has 94 valence electrons. The van der Waals surface area contributed by atoms with Gasteiger partial charge >= 0.3 is 0 Å². The molecule has 2 rings (SSSR count). The normalized spacial score (nSPS) is 10.6. The van der Waals surface area contributed by atoms with Crippen LogP contribution in [0.3, 0.4) is 0 Å². The van der Waals surface area contributed by atoms with Gasteiger partial charge in [-0.1, -0.05) is 11.6 Å². The number of carbonyl (C=O) groups excluding carboxylic acids is 2. The molecule has 18 heavy (non-hydrogen) atoms. The van der Waals surface area contributed by atoms with Crippen LogP contribution in [-0.2, 0) is 0 Å². The lowest BCUT2D eigenvalue weighted by molar-refractivity contribution is 0.0894. The molecule has 2 aromatic heterocycles. The summed E-state index contributed by atoms with van der Waals surface area (Å²) in [5, 5.41) is 1.66. The topological polar surface area (TPSA) is 47.3 Å². The lowest BCUT2D eigenvalue weighted by atomic mass is 10.0. The molecule has 2 heterocycles. The van der Waals surface area contributed by atoms with Gasteiger partial charge in [0.25, 0.3) is 0 Å². The number of hydrogen-bond donors (Lipinski definition) is 0.